The summed E-state index contributed by atoms with van der Waals surface area (Å²) in [5, 5.41) is 9.07. The molecule has 7 heteroatoms. The molecular formula is C18H17N3O3S. The highest BCUT2D eigenvalue weighted by molar-refractivity contribution is 7.13. The molecule has 1 amide bonds. The lowest BCUT2D eigenvalue weighted by Gasteiger charge is -2.07. The van der Waals surface area contributed by atoms with Gasteiger partial charge < -0.3 is 10.1 Å². The number of hydrogen-bond acceptors (Lipinski definition) is 5. The summed E-state index contributed by atoms with van der Waals surface area (Å²) in [6.07, 6.45) is 0. The van der Waals surface area contributed by atoms with Gasteiger partial charge in [0.1, 0.15) is 5.69 Å². The van der Waals surface area contributed by atoms with Gasteiger partial charge in [0.2, 0.25) is 0 Å². The topological polar surface area (TPSA) is 73.2 Å². The van der Waals surface area contributed by atoms with Crippen LogP contribution in [0.3, 0.4) is 0 Å². The first kappa shape index (κ1) is 16.9. The highest BCUT2D eigenvalue weighted by atomic mass is 32.1. The highest BCUT2D eigenvalue weighted by Crippen LogP contribution is 2.26. The molecule has 0 aliphatic carbocycles. The Hall–Kier alpha value is -2.93. The van der Waals surface area contributed by atoms with Gasteiger partial charge in [0.15, 0.2) is 12.3 Å². The average molecular weight is 355 g/mol. The van der Waals surface area contributed by atoms with E-state index in [1.54, 1.807) is 13.0 Å². The Bertz CT molecular complexity index is 857. The summed E-state index contributed by atoms with van der Waals surface area (Å²) in [5.74, 6) is -0.925. The van der Waals surface area contributed by atoms with Crippen LogP contribution in [-0.4, -0.2) is 34.8 Å². The molecule has 0 unspecified atom stereocenters. The molecule has 128 valence electrons. The van der Waals surface area contributed by atoms with Crippen LogP contribution >= 0.6 is 11.3 Å². The largest absolute Gasteiger partial charge is 0.451 e. The van der Waals surface area contributed by atoms with Gasteiger partial charge in [0, 0.05) is 12.6 Å². The highest BCUT2D eigenvalue weighted by Gasteiger charge is 2.20. The van der Waals surface area contributed by atoms with Gasteiger partial charge in [0.05, 0.1) is 10.6 Å². The summed E-state index contributed by atoms with van der Waals surface area (Å²) in [6.45, 7) is 1.97. The normalized spacial score (nSPS) is 10.4. The molecule has 0 spiro atoms. The Kier molecular flexibility index (Phi) is 5.25. The lowest BCUT2D eigenvalue weighted by atomic mass is 10.3. The second-order valence-electron chi connectivity index (χ2n) is 5.17. The third-order valence-electron chi connectivity index (χ3n) is 3.40. The third-order valence-corrected chi connectivity index (χ3v) is 4.29. The number of nitrogens with one attached hydrogen (secondary N) is 1. The van der Waals surface area contributed by atoms with Crippen molar-refractivity contribution in [2.75, 3.05) is 13.2 Å². The number of carbonyl (C=O) groups is 2. The molecule has 0 radical (unpaired) electrons. The molecule has 3 aromatic rings. The molecule has 0 bridgehead atoms. The maximum absolute atomic E-state index is 12.5. The fourth-order valence-electron chi connectivity index (χ4n) is 2.29. The van der Waals surface area contributed by atoms with Crippen LogP contribution in [-0.2, 0) is 9.53 Å². The van der Waals surface area contributed by atoms with Crippen molar-refractivity contribution in [3.8, 4) is 16.3 Å². The van der Waals surface area contributed by atoms with Crippen LogP contribution in [0, 0.1) is 0 Å². The molecule has 1 N–H and O–H groups in total. The Morgan fingerprint density at radius 2 is 2.00 bits per heavy atom. The third kappa shape index (κ3) is 3.95. The summed E-state index contributed by atoms with van der Waals surface area (Å²) in [4.78, 5) is 24.9. The van der Waals surface area contributed by atoms with Crippen molar-refractivity contribution in [2.24, 2.45) is 0 Å². The van der Waals surface area contributed by atoms with E-state index in [-0.39, 0.29) is 18.2 Å². The van der Waals surface area contributed by atoms with Crippen LogP contribution in [0.1, 0.15) is 17.4 Å². The van der Waals surface area contributed by atoms with Crippen molar-refractivity contribution >= 4 is 23.2 Å². The van der Waals surface area contributed by atoms with Crippen molar-refractivity contribution in [1.29, 1.82) is 0 Å². The molecule has 0 saturated heterocycles. The molecular weight excluding hydrogens is 338 g/mol. The number of esters is 1. The number of para-hydroxylation sites is 1. The van der Waals surface area contributed by atoms with Crippen LogP contribution in [0.4, 0.5) is 0 Å². The van der Waals surface area contributed by atoms with Gasteiger partial charge in [-0.1, -0.05) is 24.3 Å². The van der Waals surface area contributed by atoms with Crippen LogP contribution in [0.25, 0.3) is 16.3 Å². The number of hydrogen-bond donors (Lipinski definition) is 1. The van der Waals surface area contributed by atoms with E-state index in [1.165, 1.54) is 16.0 Å². The predicted molar refractivity (Wildman–Crippen MR) is 95.8 cm³/mol. The Balaban J connectivity index is 1.91. The molecule has 0 atom stereocenters. The molecule has 6 nitrogen and oxygen atoms in total. The number of benzene rings is 1. The molecule has 0 fully saturated rings. The number of rotatable bonds is 6. The average Bonchev–Trinajstić information content (AvgIpc) is 3.30. The number of carbonyl (C=O) groups excluding carboxylic acids is 2. The first-order valence-corrected chi connectivity index (χ1v) is 8.70. The fourth-order valence-corrected chi connectivity index (χ4v) is 2.97. The van der Waals surface area contributed by atoms with E-state index in [0.717, 1.165) is 10.6 Å². The van der Waals surface area contributed by atoms with E-state index in [2.05, 4.69) is 10.4 Å². The Labute approximate surface area is 149 Å². The SMILES string of the molecule is CCNC(=O)COC(=O)c1cc(-c2cccs2)nn1-c1ccccc1. The minimum Gasteiger partial charge on any atom is -0.451 e. The smallest absolute Gasteiger partial charge is 0.357 e. The first-order chi connectivity index (χ1) is 12.2. The summed E-state index contributed by atoms with van der Waals surface area (Å²) in [7, 11) is 0. The van der Waals surface area contributed by atoms with Gasteiger partial charge in [-0.05, 0) is 30.5 Å². The van der Waals surface area contributed by atoms with Gasteiger partial charge in [-0.3, -0.25) is 4.79 Å². The monoisotopic (exact) mass is 355 g/mol. The molecule has 2 aromatic heterocycles. The fraction of sp³-hybridized carbons (Fsp3) is 0.167. The van der Waals surface area contributed by atoms with Crippen LogP contribution in [0.15, 0.2) is 53.9 Å². The number of aromatic nitrogens is 2. The van der Waals surface area contributed by atoms with Gasteiger partial charge in [-0.15, -0.1) is 11.3 Å². The summed E-state index contributed by atoms with van der Waals surface area (Å²) in [5.41, 5.74) is 1.71. The molecule has 0 aliphatic rings. The first-order valence-electron chi connectivity index (χ1n) is 7.82. The van der Waals surface area contributed by atoms with Crippen molar-refractivity contribution in [2.45, 2.75) is 6.92 Å². The molecule has 3 rings (SSSR count). The number of amides is 1. The quantitative estimate of drug-likeness (QED) is 0.690. The Morgan fingerprint density at radius 3 is 2.68 bits per heavy atom. The molecule has 25 heavy (non-hydrogen) atoms. The maximum Gasteiger partial charge on any atom is 0.357 e. The lowest BCUT2D eigenvalue weighted by Crippen LogP contribution is -2.28. The molecule has 0 aliphatic heterocycles. The van der Waals surface area contributed by atoms with E-state index in [9.17, 15) is 9.59 Å². The summed E-state index contributed by atoms with van der Waals surface area (Å²) < 4.78 is 6.66. The number of ether oxygens (including phenoxy) is 1. The minimum absolute atomic E-state index is 0.277. The maximum atomic E-state index is 12.5. The number of likely N-dealkylation sites (N-methyl/N-ethyl adjacent to an activating group) is 1. The zero-order valence-electron chi connectivity index (χ0n) is 13.6. The van der Waals surface area contributed by atoms with Crippen LogP contribution in [0.5, 0.6) is 0 Å². The van der Waals surface area contributed by atoms with Crippen molar-refractivity contribution in [3.63, 3.8) is 0 Å². The summed E-state index contributed by atoms with van der Waals surface area (Å²) >= 11 is 1.54. The zero-order chi connectivity index (χ0) is 17.6. The van der Waals surface area contributed by atoms with Crippen LogP contribution < -0.4 is 5.32 Å². The Morgan fingerprint density at radius 1 is 1.20 bits per heavy atom. The van der Waals surface area contributed by atoms with Gasteiger partial charge in [-0.2, -0.15) is 5.10 Å². The summed E-state index contributed by atoms with van der Waals surface area (Å²) in [6, 6.07) is 14.9. The van der Waals surface area contributed by atoms with Gasteiger partial charge in [0.25, 0.3) is 5.91 Å². The van der Waals surface area contributed by atoms with Crippen molar-refractivity contribution in [1.82, 2.24) is 15.1 Å². The van der Waals surface area contributed by atoms with Crippen molar-refractivity contribution < 1.29 is 14.3 Å². The molecule has 0 saturated carbocycles. The standard InChI is InChI=1S/C18H17N3O3S/c1-2-19-17(22)12-24-18(23)15-11-14(16-9-6-10-25-16)20-21(15)13-7-4-3-5-8-13/h3-11H,2,12H2,1H3,(H,19,22). The number of thiophene rings is 1. The van der Waals surface area contributed by atoms with Gasteiger partial charge in [-0.25, -0.2) is 9.48 Å². The van der Waals surface area contributed by atoms with E-state index in [1.807, 2.05) is 47.8 Å². The van der Waals surface area contributed by atoms with E-state index >= 15 is 0 Å². The minimum atomic E-state index is -0.592. The van der Waals surface area contributed by atoms with Gasteiger partial charge >= 0.3 is 5.97 Å². The second-order valence-corrected chi connectivity index (χ2v) is 6.12. The zero-order valence-corrected chi connectivity index (χ0v) is 14.5. The number of nitrogens with zero attached hydrogens (tertiary/aromatic N) is 2. The molecule has 2 heterocycles. The van der Waals surface area contributed by atoms with E-state index in [0.29, 0.717) is 12.2 Å². The lowest BCUT2D eigenvalue weighted by molar-refractivity contribution is -0.124. The van der Waals surface area contributed by atoms with Crippen LogP contribution in [0.2, 0.25) is 0 Å². The molecule has 1 aromatic carbocycles. The van der Waals surface area contributed by atoms with E-state index in [4.69, 9.17) is 4.74 Å². The predicted octanol–water partition coefficient (Wildman–Crippen LogP) is 2.89. The van der Waals surface area contributed by atoms with Crippen molar-refractivity contribution in [3.05, 3.63) is 59.6 Å². The van der Waals surface area contributed by atoms with E-state index < -0.39 is 5.97 Å². The second kappa shape index (κ2) is 7.76.